The standard InChI is InChI=1S/C16H18N2O5/c1-12-7-16(20)17(9-15(12)18(21)22)8-14(19)11-23-10-13-5-3-2-4-6-13/h2-7,9,14,19H,8,10-11H2,1H3. The molecule has 0 fully saturated rings. The monoisotopic (exact) mass is 318 g/mol. The van der Waals surface area contributed by atoms with Crippen LogP contribution in [0.2, 0.25) is 0 Å². The molecule has 23 heavy (non-hydrogen) atoms. The predicted octanol–water partition coefficient (Wildman–Crippen LogP) is 1.64. The number of rotatable bonds is 7. The highest BCUT2D eigenvalue weighted by atomic mass is 16.6. The highest BCUT2D eigenvalue weighted by Crippen LogP contribution is 2.14. The van der Waals surface area contributed by atoms with Gasteiger partial charge in [0.15, 0.2) is 0 Å². The number of nitro groups is 1. The van der Waals surface area contributed by atoms with E-state index in [0.29, 0.717) is 12.2 Å². The van der Waals surface area contributed by atoms with Crippen LogP contribution < -0.4 is 5.56 Å². The van der Waals surface area contributed by atoms with Gasteiger partial charge in [0, 0.05) is 11.6 Å². The van der Waals surface area contributed by atoms with E-state index in [4.69, 9.17) is 4.74 Å². The van der Waals surface area contributed by atoms with Crippen LogP contribution in [0.5, 0.6) is 0 Å². The zero-order chi connectivity index (χ0) is 16.8. The Labute approximate surface area is 132 Å². The molecule has 2 rings (SSSR count). The Hall–Kier alpha value is -2.51. The molecule has 1 unspecified atom stereocenters. The number of hydrogen-bond donors (Lipinski definition) is 1. The Balaban J connectivity index is 1.95. The Morgan fingerprint density at radius 2 is 2.04 bits per heavy atom. The normalized spacial score (nSPS) is 12.1. The fourth-order valence-electron chi connectivity index (χ4n) is 2.16. The highest BCUT2D eigenvalue weighted by Gasteiger charge is 2.15. The summed E-state index contributed by atoms with van der Waals surface area (Å²) in [4.78, 5) is 22.2. The molecule has 0 amide bonds. The smallest absolute Gasteiger partial charge is 0.288 e. The van der Waals surface area contributed by atoms with Crippen LogP contribution in [-0.2, 0) is 17.9 Å². The van der Waals surface area contributed by atoms with Crippen LogP contribution in [0, 0.1) is 17.0 Å². The summed E-state index contributed by atoms with van der Waals surface area (Å²) in [6, 6.07) is 10.7. The second kappa shape index (κ2) is 7.66. The van der Waals surface area contributed by atoms with Gasteiger partial charge in [0.1, 0.15) is 0 Å². The van der Waals surface area contributed by atoms with Crippen LogP contribution in [0.4, 0.5) is 5.69 Å². The number of pyridine rings is 1. The first kappa shape index (κ1) is 16.9. The maximum Gasteiger partial charge on any atom is 0.288 e. The van der Waals surface area contributed by atoms with Crippen molar-refractivity contribution in [3.8, 4) is 0 Å². The molecule has 0 saturated heterocycles. The van der Waals surface area contributed by atoms with Crippen LogP contribution >= 0.6 is 0 Å². The number of hydrogen-bond acceptors (Lipinski definition) is 5. The Bertz CT molecular complexity index is 727. The summed E-state index contributed by atoms with van der Waals surface area (Å²) < 4.78 is 6.52. The number of ether oxygens (including phenoxy) is 1. The molecule has 0 spiro atoms. The molecule has 0 aliphatic rings. The molecular formula is C16H18N2O5. The van der Waals surface area contributed by atoms with Gasteiger partial charge >= 0.3 is 0 Å². The summed E-state index contributed by atoms with van der Waals surface area (Å²) in [5.74, 6) is 0. The molecule has 0 aliphatic carbocycles. The summed E-state index contributed by atoms with van der Waals surface area (Å²) in [7, 11) is 0. The van der Waals surface area contributed by atoms with Gasteiger partial charge in [0.25, 0.3) is 11.2 Å². The largest absolute Gasteiger partial charge is 0.389 e. The Morgan fingerprint density at radius 1 is 1.35 bits per heavy atom. The van der Waals surface area contributed by atoms with Crippen LogP contribution in [0.15, 0.2) is 47.4 Å². The van der Waals surface area contributed by atoms with Crippen molar-refractivity contribution in [2.24, 2.45) is 0 Å². The summed E-state index contributed by atoms with van der Waals surface area (Å²) in [5, 5.41) is 20.9. The first-order chi connectivity index (χ1) is 11.0. The van der Waals surface area contributed by atoms with Gasteiger partial charge in [0.2, 0.25) is 0 Å². The van der Waals surface area contributed by atoms with Crippen molar-refractivity contribution in [3.63, 3.8) is 0 Å². The van der Waals surface area contributed by atoms with Crippen LogP contribution in [0.1, 0.15) is 11.1 Å². The molecule has 7 heteroatoms. The topological polar surface area (TPSA) is 94.6 Å². The van der Waals surface area contributed by atoms with Crippen LogP contribution in [-0.4, -0.2) is 27.3 Å². The molecule has 122 valence electrons. The van der Waals surface area contributed by atoms with Crippen molar-refractivity contribution in [2.75, 3.05) is 6.61 Å². The number of aliphatic hydroxyl groups is 1. The minimum atomic E-state index is -0.932. The van der Waals surface area contributed by atoms with Gasteiger partial charge in [0.05, 0.1) is 37.0 Å². The van der Waals surface area contributed by atoms with Crippen molar-refractivity contribution >= 4 is 5.69 Å². The Kier molecular flexibility index (Phi) is 5.61. The van der Waals surface area contributed by atoms with Crippen molar-refractivity contribution in [1.82, 2.24) is 4.57 Å². The van der Waals surface area contributed by atoms with E-state index in [0.717, 1.165) is 16.3 Å². The van der Waals surface area contributed by atoms with Crippen LogP contribution in [0.3, 0.4) is 0 Å². The zero-order valence-electron chi connectivity index (χ0n) is 12.7. The fraction of sp³-hybridized carbons (Fsp3) is 0.312. The third kappa shape index (κ3) is 4.73. The van der Waals surface area contributed by atoms with E-state index >= 15 is 0 Å². The average Bonchev–Trinajstić information content (AvgIpc) is 2.50. The number of aliphatic hydroxyl groups excluding tert-OH is 1. The molecular weight excluding hydrogens is 300 g/mol. The third-order valence-corrected chi connectivity index (χ3v) is 3.33. The molecule has 0 radical (unpaired) electrons. The lowest BCUT2D eigenvalue weighted by atomic mass is 10.2. The molecule has 1 atom stereocenters. The molecule has 1 heterocycles. The van der Waals surface area contributed by atoms with Crippen LogP contribution in [0.25, 0.3) is 0 Å². The molecule has 2 aromatic rings. The van der Waals surface area contributed by atoms with E-state index in [2.05, 4.69) is 0 Å². The van der Waals surface area contributed by atoms with E-state index in [1.807, 2.05) is 30.3 Å². The molecule has 1 N–H and O–H groups in total. The average molecular weight is 318 g/mol. The molecule has 1 aromatic heterocycles. The number of aromatic nitrogens is 1. The van der Waals surface area contributed by atoms with Crippen molar-refractivity contribution in [3.05, 3.63) is 74.2 Å². The minimum absolute atomic E-state index is 0.0308. The minimum Gasteiger partial charge on any atom is -0.389 e. The lowest BCUT2D eigenvalue weighted by Gasteiger charge is -2.13. The van der Waals surface area contributed by atoms with Gasteiger partial charge in [-0.25, -0.2) is 0 Å². The predicted molar refractivity (Wildman–Crippen MR) is 84.2 cm³/mol. The maximum absolute atomic E-state index is 11.8. The zero-order valence-corrected chi connectivity index (χ0v) is 12.7. The quantitative estimate of drug-likeness (QED) is 0.618. The van der Waals surface area contributed by atoms with Crippen molar-refractivity contribution in [2.45, 2.75) is 26.2 Å². The van der Waals surface area contributed by atoms with Gasteiger partial charge in [-0.15, -0.1) is 0 Å². The second-order valence-electron chi connectivity index (χ2n) is 5.24. The lowest BCUT2D eigenvalue weighted by Crippen LogP contribution is -2.29. The van der Waals surface area contributed by atoms with Gasteiger partial charge in [-0.2, -0.15) is 0 Å². The molecule has 7 nitrogen and oxygen atoms in total. The van der Waals surface area contributed by atoms with E-state index in [1.54, 1.807) is 0 Å². The van der Waals surface area contributed by atoms with Gasteiger partial charge in [-0.1, -0.05) is 30.3 Å². The summed E-state index contributed by atoms with van der Waals surface area (Å²) in [6.07, 6.45) is 0.219. The van der Waals surface area contributed by atoms with E-state index in [9.17, 15) is 20.0 Å². The summed E-state index contributed by atoms with van der Waals surface area (Å²) >= 11 is 0. The second-order valence-corrected chi connectivity index (χ2v) is 5.24. The highest BCUT2D eigenvalue weighted by molar-refractivity contribution is 5.35. The molecule has 0 bridgehead atoms. The summed E-state index contributed by atoms with van der Waals surface area (Å²) in [5.41, 5.74) is 0.728. The van der Waals surface area contributed by atoms with Crippen molar-refractivity contribution < 1.29 is 14.8 Å². The molecule has 1 aromatic carbocycles. The Morgan fingerprint density at radius 3 is 2.70 bits per heavy atom. The van der Waals surface area contributed by atoms with Gasteiger partial charge < -0.3 is 14.4 Å². The number of aryl methyl sites for hydroxylation is 1. The fourth-order valence-corrected chi connectivity index (χ4v) is 2.16. The lowest BCUT2D eigenvalue weighted by molar-refractivity contribution is -0.386. The number of nitrogens with zero attached hydrogens (tertiary/aromatic N) is 2. The maximum atomic E-state index is 11.8. The first-order valence-electron chi connectivity index (χ1n) is 7.12. The summed E-state index contributed by atoms with van der Waals surface area (Å²) in [6.45, 7) is 1.82. The van der Waals surface area contributed by atoms with E-state index in [1.165, 1.54) is 13.0 Å². The SMILES string of the molecule is Cc1cc(=O)n(CC(O)COCc2ccccc2)cc1[N+](=O)[O-]. The molecule has 0 saturated carbocycles. The van der Waals surface area contributed by atoms with E-state index < -0.39 is 16.6 Å². The third-order valence-electron chi connectivity index (χ3n) is 3.33. The van der Waals surface area contributed by atoms with E-state index in [-0.39, 0.29) is 18.8 Å². The number of benzene rings is 1. The van der Waals surface area contributed by atoms with Gasteiger partial charge in [-0.05, 0) is 12.5 Å². The molecule has 0 aliphatic heterocycles. The first-order valence-corrected chi connectivity index (χ1v) is 7.12. The van der Waals surface area contributed by atoms with Gasteiger partial charge in [-0.3, -0.25) is 14.9 Å². The van der Waals surface area contributed by atoms with Crippen molar-refractivity contribution in [1.29, 1.82) is 0 Å².